The average Bonchev–Trinajstić information content (AvgIpc) is 2.77. The summed E-state index contributed by atoms with van der Waals surface area (Å²) >= 11 is 0. The Morgan fingerprint density at radius 1 is 0.900 bits per heavy atom. The largest absolute Gasteiger partial charge is 0.486 e. The van der Waals surface area contributed by atoms with E-state index in [4.69, 9.17) is 18.9 Å². The lowest BCUT2D eigenvalue weighted by Crippen LogP contribution is -2.37. The van der Waals surface area contributed by atoms with Crippen molar-refractivity contribution in [3.05, 3.63) is 36.4 Å². The van der Waals surface area contributed by atoms with Crippen LogP contribution >= 0.6 is 0 Å². The number of nitrogens with zero attached hydrogens (tertiary/aromatic N) is 1. The summed E-state index contributed by atoms with van der Waals surface area (Å²) in [6.45, 7) is 3.15. The number of carbonyl (C=O) groups excluding carboxylic acids is 1. The molecule has 1 amide bonds. The molecule has 0 saturated carbocycles. The minimum Gasteiger partial charge on any atom is -0.486 e. The van der Waals surface area contributed by atoms with Gasteiger partial charge in [0.2, 0.25) is 15.9 Å². The molecule has 2 aromatic rings. The van der Waals surface area contributed by atoms with Crippen LogP contribution in [-0.2, 0) is 14.8 Å². The van der Waals surface area contributed by atoms with E-state index in [-0.39, 0.29) is 18.0 Å². The first kappa shape index (κ1) is 20.3. The van der Waals surface area contributed by atoms with Gasteiger partial charge in [-0.15, -0.1) is 0 Å². The molecule has 2 heterocycles. The summed E-state index contributed by atoms with van der Waals surface area (Å²) in [5, 5.41) is 2.71. The second kappa shape index (κ2) is 8.41. The number of anilines is 1. The number of likely N-dealkylation sites (N-methyl/N-ethyl adjacent to an activating group) is 1. The number of sulfonamides is 1. The second-order valence-corrected chi connectivity index (χ2v) is 8.58. The van der Waals surface area contributed by atoms with Crippen molar-refractivity contribution in [3.8, 4) is 23.0 Å². The summed E-state index contributed by atoms with van der Waals surface area (Å²) in [6, 6.07) is 9.46. The highest BCUT2D eigenvalue weighted by atomic mass is 32.2. The molecule has 0 fully saturated rings. The molecule has 0 bridgehead atoms. The minimum atomic E-state index is -3.89. The third kappa shape index (κ3) is 4.14. The summed E-state index contributed by atoms with van der Waals surface area (Å²) in [7, 11) is -3.89. The molecule has 0 spiro atoms. The van der Waals surface area contributed by atoms with Gasteiger partial charge in [-0.25, -0.2) is 8.42 Å². The van der Waals surface area contributed by atoms with Crippen molar-refractivity contribution >= 4 is 21.6 Å². The molecular formula is C20H22N2O7S. The molecule has 0 radical (unpaired) electrons. The number of benzene rings is 2. The van der Waals surface area contributed by atoms with E-state index in [1.807, 2.05) is 0 Å². The zero-order valence-electron chi connectivity index (χ0n) is 16.4. The van der Waals surface area contributed by atoms with Gasteiger partial charge in [0, 0.05) is 24.4 Å². The number of amides is 1. The minimum absolute atomic E-state index is 0.0423. The van der Waals surface area contributed by atoms with Crippen LogP contribution in [0.25, 0.3) is 0 Å². The monoisotopic (exact) mass is 434 g/mol. The van der Waals surface area contributed by atoms with E-state index in [0.29, 0.717) is 55.1 Å². The number of hydrogen-bond acceptors (Lipinski definition) is 7. The fourth-order valence-corrected chi connectivity index (χ4v) is 4.60. The number of ether oxygens (including phenoxy) is 4. The lowest BCUT2D eigenvalue weighted by molar-refractivity contribution is -0.116. The van der Waals surface area contributed by atoms with Crippen molar-refractivity contribution in [2.45, 2.75) is 11.8 Å². The molecule has 2 aliphatic rings. The third-order valence-electron chi connectivity index (χ3n) is 4.65. The summed E-state index contributed by atoms with van der Waals surface area (Å²) in [5.74, 6) is 1.55. The van der Waals surface area contributed by atoms with Crippen molar-refractivity contribution in [1.29, 1.82) is 0 Å². The van der Waals surface area contributed by atoms with E-state index >= 15 is 0 Å². The maximum absolute atomic E-state index is 13.0. The lowest BCUT2D eigenvalue weighted by atomic mass is 10.2. The zero-order chi connectivity index (χ0) is 21.1. The van der Waals surface area contributed by atoms with Crippen molar-refractivity contribution in [2.75, 3.05) is 44.8 Å². The number of carbonyl (C=O) groups is 1. The van der Waals surface area contributed by atoms with E-state index in [1.165, 1.54) is 12.1 Å². The van der Waals surface area contributed by atoms with Gasteiger partial charge in [-0.2, -0.15) is 4.31 Å². The first-order valence-electron chi connectivity index (χ1n) is 9.56. The predicted molar refractivity (Wildman–Crippen MR) is 108 cm³/mol. The number of rotatable bonds is 6. The Labute approximate surface area is 174 Å². The Morgan fingerprint density at radius 3 is 2.10 bits per heavy atom. The Kier molecular flexibility index (Phi) is 5.69. The molecule has 4 rings (SSSR count). The van der Waals surface area contributed by atoms with Crippen LogP contribution in [0.4, 0.5) is 5.69 Å². The molecule has 30 heavy (non-hydrogen) atoms. The fourth-order valence-electron chi connectivity index (χ4n) is 3.18. The number of fused-ring (bicyclic) bond motifs is 2. The van der Waals surface area contributed by atoms with Crippen LogP contribution in [-0.4, -0.2) is 58.1 Å². The Balaban J connectivity index is 1.47. The van der Waals surface area contributed by atoms with Crippen LogP contribution in [0.3, 0.4) is 0 Å². The van der Waals surface area contributed by atoms with Gasteiger partial charge in [-0.05, 0) is 24.3 Å². The van der Waals surface area contributed by atoms with Crippen LogP contribution in [0.5, 0.6) is 23.0 Å². The van der Waals surface area contributed by atoms with Crippen molar-refractivity contribution in [3.63, 3.8) is 0 Å². The van der Waals surface area contributed by atoms with Gasteiger partial charge in [-0.3, -0.25) is 4.79 Å². The van der Waals surface area contributed by atoms with Gasteiger partial charge in [-0.1, -0.05) is 6.92 Å². The average molecular weight is 434 g/mol. The predicted octanol–water partition coefficient (Wildman–Crippen LogP) is 1.88. The van der Waals surface area contributed by atoms with Gasteiger partial charge in [0.15, 0.2) is 23.0 Å². The van der Waals surface area contributed by atoms with Gasteiger partial charge >= 0.3 is 0 Å². The molecule has 0 aliphatic carbocycles. The van der Waals surface area contributed by atoms with Crippen molar-refractivity contribution < 1.29 is 32.2 Å². The highest BCUT2D eigenvalue weighted by Crippen LogP contribution is 2.34. The summed E-state index contributed by atoms with van der Waals surface area (Å²) in [5.41, 5.74) is 0.497. The van der Waals surface area contributed by atoms with E-state index in [0.717, 1.165) is 4.31 Å². The van der Waals surface area contributed by atoms with Gasteiger partial charge in [0.25, 0.3) is 0 Å². The molecule has 0 saturated heterocycles. The summed E-state index contributed by atoms with van der Waals surface area (Å²) in [6.07, 6.45) is 0. The first-order chi connectivity index (χ1) is 14.5. The van der Waals surface area contributed by atoms with Gasteiger partial charge in [0.05, 0.1) is 11.4 Å². The maximum atomic E-state index is 13.0. The molecule has 2 aromatic carbocycles. The van der Waals surface area contributed by atoms with Crippen molar-refractivity contribution in [1.82, 2.24) is 4.31 Å². The molecule has 0 atom stereocenters. The van der Waals surface area contributed by atoms with E-state index in [9.17, 15) is 13.2 Å². The third-order valence-corrected chi connectivity index (χ3v) is 6.57. The highest BCUT2D eigenvalue weighted by Gasteiger charge is 2.27. The van der Waals surface area contributed by atoms with Gasteiger partial charge < -0.3 is 24.3 Å². The van der Waals surface area contributed by atoms with Crippen molar-refractivity contribution in [2.24, 2.45) is 0 Å². The van der Waals surface area contributed by atoms with Crippen LogP contribution in [0, 0.1) is 0 Å². The van der Waals surface area contributed by atoms with Crippen LogP contribution in [0.15, 0.2) is 41.3 Å². The smallest absolute Gasteiger partial charge is 0.243 e. The molecule has 10 heteroatoms. The lowest BCUT2D eigenvalue weighted by Gasteiger charge is -2.23. The standard InChI is InChI=1S/C20H22N2O7S/c1-2-22(30(24,25)15-4-6-17-19(12-15)29-10-8-27-17)13-20(23)21-14-3-5-16-18(11-14)28-9-7-26-16/h3-6,11-12H,2,7-10,13H2,1H3,(H,21,23). The van der Waals surface area contributed by atoms with Gasteiger partial charge in [0.1, 0.15) is 26.4 Å². The molecule has 0 aromatic heterocycles. The summed E-state index contributed by atoms with van der Waals surface area (Å²) < 4.78 is 49.0. The molecule has 0 unspecified atom stereocenters. The second-order valence-electron chi connectivity index (χ2n) is 6.64. The normalized spacial score (nSPS) is 15.0. The van der Waals surface area contributed by atoms with Crippen LogP contribution in [0.1, 0.15) is 6.92 Å². The first-order valence-corrected chi connectivity index (χ1v) is 11.0. The molecular weight excluding hydrogens is 412 g/mol. The fraction of sp³-hybridized carbons (Fsp3) is 0.350. The topological polar surface area (TPSA) is 103 Å². The van der Waals surface area contributed by atoms with Crippen LogP contribution < -0.4 is 24.3 Å². The Bertz CT molecular complexity index is 1060. The Morgan fingerprint density at radius 2 is 1.47 bits per heavy atom. The molecule has 1 N–H and O–H groups in total. The summed E-state index contributed by atoms with van der Waals surface area (Å²) in [4.78, 5) is 12.6. The zero-order valence-corrected chi connectivity index (χ0v) is 17.2. The highest BCUT2D eigenvalue weighted by molar-refractivity contribution is 7.89. The number of nitrogens with one attached hydrogen (secondary N) is 1. The SMILES string of the molecule is CCN(CC(=O)Nc1ccc2c(c1)OCCO2)S(=O)(=O)c1ccc2c(c1)OCCO2. The quantitative estimate of drug-likeness (QED) is 0.740. The van der Waals surface area contributed by atoms with E-state index < -0.39 is 15.9 Å². The van der Waals surface area contributed by atoms with E-state index in [1.54, 1.807) is 31.2 Å². The maximum Gasteiger partial charge on any atom is 0.243 e. The van der Waals surface area contributed by atoms with E-state index in [2.05, 4.69) is 5.32 Å². The molecule has 9 nitrogen and oxygen atoms in total. The molecule has 2 aliphatic heterocycles. The Hall–Kier alpha value is -2.98. The number of hydrogen-bond donors (Lipinski definition) is 1. The molecule has 160 valence electrons. The van der Waals surface area contributed by atoms with Crippen LogP contribution in [0.2, 0.25) is 0 Å².